The standard InChI is InChI=1S/C24H30N4O3.C3H6O3S/c1-31-20-9-7-18(8-10-20)17-28-22(29)24(26-23(28)30)12-15-27(16-13-24)14-11-21(25)19-5-3-2-4-6-19;4-7(5,6)3-1-2-3/h2-10,21H,11-17,25H2,1H3,(H,26,30);3H,1-2H2,(H,4,5,6)/t21-;/m0./s1. The summed E-state index contributed by atoms with van der Waals surface area (Å²) in [5, 5.41) is 2.56. The molecule has 2 saturated heterocycles. The van der Waals surface area contributed by atoms with E-state index < -0.39 is 20.9 Å². The molecule has 0 unspecified atom stereocenters. The summed E-state index contributed by atoms with van der Waals surface area (Å²) in [4.78, 5) is 29.4. The van der Waals surface area contributed by atoms with Gasteiger partial charge in [-0.1, -0.05) is 42.5 Å². The van der Waals surface area contributed by atoms with E-state index in [-0.39, 0.29) is 24.5 Å². The number of nitrogens with one attached hydrogen (secondary N) is 1. The summed E-state index contributed by atoms with van der Waals surface area (Å²) < 4.78 is 33.2. The van der Waals surface area contributed by atoms with Crippen molar-refractivity contribution >= 4 is 22.1 Å². The minimum Gasteiger partial charge on any atom is -0.497 e. The fraction of sp³-hybridized carbons (Fsp3) is 0.481. The Kier molecular flexibility index (Phi) is 8.71. The zero-order valence-corrected chi connectivity index (χ0v) is 22.4. The average molecular weight is 545 g/mol. The Balaban J connectivity index is 0.000000417. The van der Waals surface area contributed by atoms with Crippen LogP contribution in [0.25, 0.3) is 0 Å². The summed E-state index contributed by atoms with van der Waals surface area (Å²) in [7, 11) is -2.02. The maximum atomic E-state index is 13.2. The van der Waals surface area contributed by atoms with Crippen LogP contribution < -0.4 is 15.8 Å². The molecule has 2 aliphatic heterocycles. The molecule has 2 aromatic rings. The lowest BCUT2D eigenvalue weighted by atomic mass is 9.87. The lowest BCUT2D eigenvalue weighted by Crippen LogP contribution is -2.55. The highest BCUT2D eigenvalue weighted by Crippen LogP contribution is 2.31. The molecular weight excluding hydrogens is 508 g/mol. The van der Waals surface area contributed by atoms with Crippen molar-refractivity contribution in [1.82, 2.24) is 15.1 Å². The first-order valence-corrected chi connectivity index (χ1v) is 14.4. The van der Waals surface area contributed by atoms with Gasteiger partial charge in [-0.3, -0.25) is 14.2 Å². The Bertz CT molecular complexity index is 1210. The van der Waals surface area contributed by atoms with Crippen LogP contribution in [-0.2, 0) is 21.5 Å². The lowest BCUT2D eigenvalue weighted by Gasteiger charge is -2.37. The zero-order chi connectivity index (χ0) is 27.3. The Morgan fingerprint density at radius 3 is 2.24 bits per heavy atom. The van der Waals surface area contributed by atoms with Gasteiger partial charge in [0.05, 0.1) is 18.9 Å². The van der Waals surface area contributed by atoms with Gasteiger partial charge in [-0.2, -0.15) is 8.42 Å². The molecule has 0 aromatic heterocycles. The van der Waals surface area contributed by atoms with Crippen LogP contribution in [0, 0.1) is 0 Å². The first kappa shape index (κ1) is 28.0. The van der Waals surface area contributed by atoms with Gasteiger partial charge in [0, 0.05) is 19.1 Å². The van der Waals surface area contributed by atoms with Gasteiger partial charge in [0.1, 0.15) is 11.3 Å². The van der Waals surface area contributed by atoms with Gasteiger partial charge in [0.25, 0.3) is 16.0 Å². The van der Waals surface area contributed by atoms with Gasteiger partial charge in [-0.05, 0) is 61.9 Å². The minimum absolute atomic E-state index is 0.00453. The fourth-order valence-corrected chi connectivity index (χ4v) is 5.52. The molecule has 2 aromatic carbocycles. The van der Waals surface area contributed by atoms with E-state index in [0.717, 1.165) is 42.9 Å². The number of carbonyl (C=O) groups is 2. The number of benzene rings is 2. The Hall–Kier alpha value is -2.99. The second-order valence-electron chi connectivity index (χ2n) is 10.1. The number of nitrogens with zero attached hydrogens (tertiary/aromatic N) is 2. The molecule has 5 rings (SSSR count). The van der Waals surface area contributed by atoms with Gasteiger partial charge in [0.15, 0.2) is 0 Å². The number of amides is 3. The van der Waals surface area contributed by atoms with Crippen molar-refractivity contribution in [2.45, 2.75) is 55.5 Å². The highest BCUT2D eigenvalue weighted by Gasteiger charge is 2.52. The highest BCUT2D eigenvalue weighted by molar-refractivity contribution is 7.86. The molecule has 3 fully saturated rings. The van der Waals surface area contributed by atoms with Crippen LogP contribution in [0.15, 0.2) is 54.6 Å². The molecule has 0 bridgehead atoms. The third-order valence-corrected chi connectivity index (χ3v) is 8.70. The van der Waals surface area contributed by atoms with Crippen LogP contribution in [0.1, 0.15) is 49.3 Å². The molecule has 11 heteroatoms. The van der Waals surface area contributed by atoms with Crippen molar-refractivity contribution in [3.63, 3.8) is 0 Å². The average Bonchev–Trinajstić information content (AvgIpc) is 3.75. The molecular formula is C27H36N4O6S. The molecule has 1 saturated carbocycles. The van der Waals surface area contributed by atoms with Crippen molar-refractivity contribution < 1.29 is 27.3 Å². The van der Waals surface area contributed by atoms with Crippen molar-refractivity contribution in [3.05, 3.63) is 65.7 Å². The minimum atomic E-state index is -3.63. The van der Waals surface area contributed by atoms with E-state index in [0.29, 0.717) is 25.7 Å². The second-order valence-corrected chi connectivity index (χ2v) is 11.8. The Morgan fingerprint density at radius 1 is 1.08 bits per heavy atom. The molecule has 10 nitrogen and oxygen atoms in total. The SMILES string of the molecule is COc1ccc(CN2C(=O)NC3(CCN(CC[C@H](N)c4ccccc4)CC3)C2=O)cc1.O=S(=O)(O)C1CC1. The first-order valence-electron chi connectivity index (χ1n) is 12.9. The maximum Gasteiger partial charge on any atom is 0.325 e. The quantitative estimate of drug-likeness (QED) is 0.340. The molecule has 206 valence electrons. The number of imide groups is 1. The summed E-state index contributed by atoms with van der Waals surface area (Å²) in [6.45, 7) is 2.68. The van der Waals surface area contributed by atoms with Crippen molar-refractivity contribution in [3.8, 4) is 5.75 Å². The predicted octanol–water partition coefficient (Wildman–Crippen LogP) is 2.71. The number of hydrogen-bond donors (Lipinski definition) is 3. The normalized spacial score (nSPS) is 20.0. The molecule has 38 heavy (non-hydrogen) atoms. The van der Waals surface area contributed by atoms with Crippen LogP contribution >= 0.6 is 0 Å². The van der Waals surface area contributed by atoms with Gasteiger partial charge in [-0.15, -0.1) is 0 Å². The largest absolute Gasteiger partial charge is 0.497 e. The van der Waals surface area contributed by atoms with Gasteiger partial charge < -0.3 is 20.7 Å². The third-order valence-electron chi connectivity index (χ3n) is 7.38. The monoisotopic (exact) mass is 544 g/mol. The fourth-order valence-electron chi connectivity index (χ4n) is 4.79. The predicted molar refractivity (Wildman–Crippen MR) is 143 cm³/mol. The number of ether oxygens (including phenoxy) is 1. The first-order chi connectivity index (χ1) is 18.1. The van der Waals surface area contributed by atoms with Gasteiger partial charge >= 0.3 is 6.03 Å². The number of methoxy groups -OCH3 is 1. The number of hydrogen-bond acceptors (Lipinski definition) is 7. The molecule has 1 spiro atoms. The van der Waals surface area contributed by atoms with Gasteiger partial charge in [-0.25, -0.2) is 4.79 Å². The number of nitrogens with two attached hydrogens (primary N) is 1. The number of carbonyl (C=O) groups excluding carboxylic acids is 2. The number of rotatable bonds is 8. The molecule has 1 atom stereocenters. The van der Waals surface area contributed by atoms with Crippen LogP contribution in [0.3, 0.4) is 0 Å². The van der Waals surface area contributed by atoms with Crippen LogP contribution in [-0.4, -0.2) is 72.2 Å². The molecule has 3 aliphatic rings. The van der Waals surface area contributed by atoms with Gasteiger partial charge in [0.2, 0.25) is 0 Å². The van der Waals surface area contributed by atoms with E-state index in [1.807, 2.05) is 42.5 Å². The van der Waals surface area contributed by atoms with Crippen LogP contribution in [0.2, 0.25) is 0 Å². The van der Waals surface area contributed by atoms with E-state index in [9.17, 15) is 18.0 Å². The summed E-state index contributed by atoms with van der Waals surface area (Å²) in [6.07, 6.45) is 3.38. The molecule has 2 heterocycles. The topological polar surface area (TPSA) is 142 Å². The van der Waals surface area contributed by atoms with Crippen molar-refractivity contribution in [2.75, 3.05) is 26.7 Å². The lowest BCUT2D eigenvalue weighted by molar-refractivity contribution is -0.133. The molecule has 3 amide bonds. The second kappa shape index (κ2) is 11.8. The van der Waals surface area contributed by atoms with E-state index in [2.05, 4.69) is 22.3 Å². The van der Waals surface area contributed by atoms with E-state index in [1.54, 1.807) is 7.11 Å². The zero-order valence-electron chi connectivity index (χ0n) is 21.6. The van der Waals surface area contributed by atoms with E-state index in [4.69, 9.17) is 15.0 Å². The summed E-state index contributed by atoms with van der Waals surface area (Å²) in [6, 6.07) is 17.2. The highest BCUT2D eigenvalue weighted by atomic mass is 32.2. The molecule has 1 aliphatic carbocycles. The van der Waals surface area contributed by atoms with E-state index in [1.165, 1.54) is 4.90 Å². The molecule has 0 radical (unpaired) electrons. The third kappa shape index (κ3) is 6.90. The van der Waals surface area contributed by atoms with E-state index >= 15 is 0 Å². The maximum absolute atomic E-state index is 13.2. The number of piperidine rings is 1. The Morgan fingerprint density at radius 2 is 1.71 bits per heavy atom. The van der Waals surface area contributed by atoms with Crippen molar-refractivity contribution in [2.24, 2.45) is 5.73 Å². The summed E-state index contributed by atoms with van der Waals surface area (Å²) in [5.41, 5.74) is 7.59. The van der Waals surface area contributed by atoms with Crippen LogP contribution in [0.5, 0.6) is 5.75 Å². The molecule has 4 N–H and O–H groups in total. The van der Waals surface area contributed by atoms with Crippen molar-refractivity contribution in [1.29, 1.82) is 0 Å². The summed E-state index contributed by atoms with van der Waals surface area (Å²) in [5.74, 6) is 0.630. The van der Waals surface area contributed by atoms with Crippen LogP contribution in [0.4, 0.5) is 4.79 Å². The smallest absolute Gasteiger partial charge is 0.325 e. The number of urea groups is 1. The number of likely N-dealkylation sites (tertiary alicyclic amines) is 1. The Labute approximate surface area is 223 Å². The summed E-state index contributed by atoms with van der Waals surface area (Å²) >= 11 is 0.